The van der Waals surface area contributed by atoms with Crippen LogP contribution in [0.3, 0.4) is 0 Å². The number of hydrogen-bond donors (Lipinski definition) is 0. The van der Waals surface area contributed by atoms with Crippen molar-refractivity contribution >= 4 is 0 Å². The van der Waals surface area contributed by atoms with Gasteiger partial charge in [0.2, 0.25) is 5.75 Å². The molecule has 0 N–H and O–H groups in total. The molecule has 0 aromatic heterocycles. The van der Waals surface area contributed by atoms with Crippen LogP contribution in [0.1, 0.15) is 103 Å². The van der Waals surface area contributed by atoms with Crippen LogP contribution in [-0.4, -0.2) is 65.4 Å². The number of nitrogens with zero attached hydrogens (tertiary/aromatic N) is 2. The van der Waals surface area contributed by atoms with E-state index in [0.717, 1.165) is 73.2 Å². The number of rotatable bonds is 10. The lowest BCUT2D eigenvalue weighted by molar-refractivity contribution is 0.220. The van der Waals surface area contributed by atoms with Gasteiger partial charge >= 0.3 is 0 Å². The summed E-state index contributed by atoms with van der Waals surface area (Å²) in [5.41, 5.74) is 7.93. The second kappa shape index (κ2) is 18.0. The SMILES string of the molecule is CCCCCCCCC#Cc1c2c3c(c(OC)c1OC)Oc1cc4c(cc1OC)CCN(C)[C@H]4Cc1ccc(cc1)Oc1cc(ccc1OC)C[C@@H]3N(C)CC2. The molecule has 4 aliphatic rings. The fourth-order valence-electron chi connectivity index (χ4n) is 8.68. The molecule has 0 radical (unpaired) electrons. The van der Waals surface area contributed by atoms with Crippen molar-refractivity contribution < 1.29 is 28.4 Å². The number of hydrogen-bond acceptors (Lipinski definition) is 8. The van der Waals surface area contributed by atoms with Gasteiger partial charge < -0.3 is 28.4 Å². The van der Waals surface area contributed by atoms with E-state index >= 15 is 0 Å². The third-order valence-electron chi connectivity index (χ3n) is 11.9. The van der Waals surface area contributed by atoms with Crippen molar-refractivity contribution in [3.05, 3.63) is 93.5 Å². The highest BCUT2D eigenvalue weighted by Gasteiger charge is 2.37. The Morgan fingerprint density at radius 2 is 1.36 bits per heavy atom. The van der Waals surface area contributed by atoms with E-state index in [2.05, 4.69) is 91.2 Å². The standard InChI is InChI=1S/C48H58N2O6/c1-8-9-10-11-12-13-14-15-16-37-36-24-26-50(3)40-28-33-19-22-41(51-4)43(29-33)55-35-20-17-32(18-21-35)27-39-38-31-44(42(52-5)30-34(38)23-25-49(39)2)56-47(45(36)40)48(54-7)46(37)53-6/h17-22,29-31,39-40H,8-14,23-28H2,1-7H3/t39-,40-/m0/s1. The molecular weight excluding hydrogens is 701 g/mol. The molecule has 4 aromatic carbocycles. The Hall–Kier alpha value is -4.84. The highest BCUT2D eigenvalue weighted by atomic mass is 16.5. The minimum Gasteiger partial charge on any atom is -0.493 e. The third-order valence-corrected chi connectivity index (χ3v) is 11.9. The van der Waals surface area contributed by atoms with E-state index in [0.29, 0.717) is 46.7 Å². The predicted octanol–water partition coefficient (Wildman–Crippen LogP) is 10.3. The molecule has 6 bridgehead atoms. The molecule has 8 heteroatoms. The van der Waals surface area contributed by atoms with Gasteiger partial charge in [0.15, 0.2) is 34.5 Å². The van der Waals surface area contributed by atoms with E-state index in [1.165, 1.54) is 48.8 Å². The van der Waals surface area contributed by atoms with Gasteiger partial charge in [-0.25, -0.2) is 0 Å². The third kappa shape index (κ3) is 8.17. The largest absolute Gasteiger partial charge is 0.493 e. The highest BCUT2D eigenvalue weighted by molar-refractivity contribution is 5.71. The van der Waals surface area contributed by atoms with Crippen molar-refractivity contribution in [2.24, 2.45) is 0 Å². The van der Waals surface area contributed by atoms with Gasteiger partial charge in [0.25, 0.3) is 0 Å². The lowest BCUT2D eigenvalue weighted by Gasteiger charge is -2.38. The summed E-state index contributed by atoms with van der Waals surface area (Å²) < 4.78 is 38.2. The average Bonchev–Trinajstić information content (AvgIpc) is 3.21. The van der Waals surface area contributed by atoms with Gasteiger partial charge in [-0.1, -0.05) is 69.1 Å². The van der Waals surface area contributed by atoms with Crippen LogP contribution in [0.5, 0.6) is 46.0 Å². The van der Waals surface area contributed by atoms with Gasteiger partial charge in [-0.2, -0.15) is 0 Å². The monoisotopic (exact) mass is 758 g/mol. The molecule has 4 heterocycles. The van der Waals surface area contributed by atoms with Crippen molar-refractivity contribution in [3.63, 3.8) is 0 Å². The molecule has 8 rings (SSSR count). The molecule has 2 atom stereocenters. The van der Waals surface area contributed by atoms with Gasteiger partial charge in [0.1, 0.15) is 5.75 Å². The Balaban J connectivity index is 1.42. The maximum Gasteiger partial charge on any atom is 0.205 e. The van der Waals surface area contributed by atoms with E-state index in [-0.39, 0.29) is 12.1 Å². The molecule has 56 heavy (non-hydrogen) atoms. The fraction of sp³-hybridized carbons (Fsp3) is 0.458. The van der Waals surface area contributed by atoms with Crippen LogP contribution < -0.4 is 28.4 Å². The summed E-state index contributed by atoms with van der Waals surface area (Å²) in [5, 5.41) is 0. The minimum atomic E-state index is -0.0745. The van der Waals surface area contributed by atoms with Gasteiger partial charge in [-0.15, -0.1) is 0 Å². The van der Waals surface area contributed by atoms with Gasteiger partial charge in [0, 0.05) is 37.2 Å². The summed E-state index contributed by atoms with van der Waals surface area (Å²) in [6.45, 7) is 4.05. The summed E-state index contributed by atoms with van der Waals surface area (Å²) in [6, 6.07) is 19.1. The minimum absolute atomic E-state index is 0.0745. The number of methoxy groups -OCH3 is 4. The number of unbranched alkanes of at least 4 members (excludes halogenated alkanes) is 6. The quantitative estimate of drug-likeness (QED) is 0.117. The second-order valence-corrected chi connectivity index (χ2v) is 15.4. The molecule has 0 aliphatic carbocycles. The Labute approximate surface area is 334 Å². The average molecular weight is 759 g/mol. The lowest BCUT2D eigenvalue weighted by atomic mass is 9.84. The van der Waals surface area contributed by atoms with Crippen LogP contribution in [0.2, 0.25) is 0 Å². The van der Waals surface area contributed by atoms with E-state index in [1.54, 1.807) is 28.4 Å². The van der Waals surface area contributed by atoms with Crippen LogP contribution in [0.15, 0.2) is 54.6 Å². The zero-order valence-electron chi connectivity index (χ0n) is 34.4. The predicted molar refractivity (Wildman–Crippen MR) is 223 cm³/mol. The first-order valence-corrected chi connectivity index (χ1v) is 20.4. The zero-order chi connectivity index (χ0) is 39.2. The van der Waals surface area contributed by atoms with Crippen molar-refractivity contribution in [3.8, 4) is 57.8 Å². The second-order valence-electron chi connectivity index (χ2n) is 15.4. The molecule has 8 nitrogen and oxygen atoms in total. The van der Waals surface area contributed by atoms with Crippen molar-refractivity contribution in [1.29, 1.82) is 0 Å². The molecule has 0 spiro atoms. The number of likely N-dealkylation sites (N-methyl/N-ethyl adjacent to an activating group) is 2. The van der Waals surface area contributed by atoms with Crippen LogP contribution in [-0.2, 0) is 25.7 Å². The topological polar surface area (TPSA) is 61.9 Å². The van der Waals surface area contributed by atoms with Crippen LogP contribution in [0, 0.1) is 11.8 Å². The molecule has 296 valence electrons. The molecule has 0 unspecified atom stereocenters. The Bertz CT molecular complexity index is 2070. The smallest absolute Gasteiger partial charge is 0.205 e. The first-order chi connectivity index (χ1) is 27.4. The molecule has 0 saturated carbocycles. The first-order valence-electron chi connectivity index (χ1n) is 20.4. The molecule has 0 amide bonds. The van der Waals surface area contributed by atoms with Gasteiger partial charge in [-0.05, 0) is 110 Å². The molecule has 0 fully saturated rings. The normalized spacial score (nSPS) is 17.6. The number of ether oxygens (including phenoxy) is 6. The van der Waals surface area contributed by atoms with Crippen molar-refractivity contribution in [1.82, 2.24) is 9.80 Å². The summed E-state index contributed by atoms with van der Waals surface area (Å²) in [7, 11) is 11.2. The molecule has 4 aromatic rings. The lowest BCUT2D eigenvalue weighted by Crippen LogP contribution is -2.34. The summed E-state index contributed by atoms with van der Waals surface area (Å²) in [6.07, 6.45) is 11.5. The van der Waals surface area contributed by atoms with E-state index in [4.69, 9.17) is 28.4 Å². The first kappa shape index (κ1) is 39.4. The summed E-state index contributed by atoms with van der Waals surface area (Å²) >= 11 is 0. The number of benzene rings is 4. The van der Waals surface area contributed by atoms with Gasteiger partial charge in [0.05, 0.1) is 34.0 Å². The van der Waals surface area contributed by atoms with Crippen LogP contribution in [0.4, 0.5) is 0 Å². The Morgan fingerprint density at radius 3 is 2.11 bits per heavy atom. The maximum atomic E-state index is 7.23. The van der Waals surface area contributed by atoms with E-state index in [9.17, 15) is 0 Å². The molecule has 4 aliphatic heterocycles. The highest BCUT2D eigenvalue weighted by Crippen LogP contribution is 2.53. The summed E-state index contributed by atoms with van der Waals surface area (Å²) in [4.78, 5) is 4.85. The van der Waals surface area contributed by atoms with Crippen LogP contribution in [0.25, 0.3) is 0 Å². The van der Waals surface area contributed by atoms with Crippen LogP contribution >= 0.6 is 0 Å². The number of fused-ring (bicyclic) bond motifs is 2. The Kier molecular flexibility index (Phi) is 12.6. The maximum absolute atomic E-state index is 7.23. The fourth-order valence-corrected chi connectivity index (χ4v) is 8.68. The van der Waals surface area contributed by atoms with Crippen molar-refractivity contribution in [2.45, 2.75) is 89.6 Å². The van der Waals surface area contributed by atoms with E-state index in [1.807, 2.05) is 6.07 Å². The van der Waals surface area contributed by atoms with Gasteiger partial charge in [-0.3, -0.25) is 9.80 Å². The summed E-state index contributed by atoms with van der Waals surface area (Å²) in [5.74, 6) is 12.4. The molecule has 0 saturated heterocycles. The zero-order valence-corrected chi connectivity index (χ0v) is 34.4. The Morgan fingerprint density at radius 1 is 0.679 bits per heavy atom. The van der Waals surface area contributed by atoms with E-state index < -0.39 is 0 Å². The van der Waals surface area contributed by atoms with Crippen molar-refractivity contribution in [2.75, 3.05) is 55.6 Å². The molecular formula is C48H58N2O6.